The maximum Gasteiger partial charge on any atom is 0.214 e. The summed E-state index contributed by atoms with van der Waals surface area (Å²) < 4.78 is 32.4. The van der Waals surface area contributed by atoms with Crippen molar-refractivity contribution in [3.05, 3.63) is 0 Å². The summed E-state index contributed by atoms with van der Waals surface area (Å²) in [6.07, 6.45) is 4.26. The van der Waals surface area contributed by atoms with Crippen LogP contribution in [0.1, 0.15) is 39.0 Å². The SMILES string of the molecule is CCOC1CC(N)C1NS(=O)(=O)C1CCCC1. The minimum atomic E-state index is -3.21. The van der Waals surface area contributed by atoms with E-state index in [2.05, 4.69) is 4.72 Å². The highest BCUT2D eigenvalue weighted by molar-refractivity contribution is 7.90. The molecule has 100 valence electrons. The summed E-state index contributed by atoms with van der Waals surface area (Å²) in [7, 11) is -3.21. The molecule has 2 rings (SSSR count). The Morgan fingerprint density at radius 3 is 2.53 bits per heavy atom. The van der Waals surface area contributed by atoms with Crippen LogP contribution in [0.15, 0.2) is 0 Å². The fourth-order valence-electron chi connectivity index (χ4n) is 2.67. The van der Waals surface area contributed by atoms with Crippen molar-refractivity contribution < 1.29 is 13.2 Å². The van der Waals surface area contributed by atoms with Gasteiger partial charge in [-0.1, -0.05) is 12.8 Å². The van der Waals surface area contributed by atoms with Gasteiger partial charge in [-0.15, -0.1) is 0 Å². The van der Waals surface area contributed by atoms with Gasteiger partial charge in [-0.05, 0) is 26.2 Å². The molecule has 0 spiro atoms. The Bertz CT molecular complexity index is 350. The minimum Gasteiger partial charge on any atom is -0.377 e. The highest BCUT2D eigenvalue weighted by Gasteiger charge is 2.43. The molecule has 0 radical (unpaired) electrons. The van der Waals surface area contributed by atoms with Gasteiger partial charge < -0.3 is 10.5 Å². The Morgan fingerprint density at radius 2 is 2.00 bits per heavy atom. The predicted molar refractivity (Wildman–Crippen MR) is 66.1 cm³/mol. The van der Waals surface area contributed by atoms with Gasteiger partial charge in [0.15, 0.2) is 0 Å². The molecule has 5 nitrogen and oxygen atoms in total. The Hall–Kier alpha value is -0.170. The van der Waals surface area contributed by atoms with Crippen LogP contribution in [-0.4, -0.2) is 38.5 Å². The Balaban J connectivity index is 1.94. The molecule has 0 amide bonds. The van der Waals surface area contributed by atoms with E-state index in [0.29, 0.717) is 6.61 Å². The molecule has 0 heterocycles. The first-order chi connectivity index (χ1) is 8.04. The third-order valence-corrected chi connectivity index (χ3v) is 5.74. The Labute approximate surface area is 103 Å². The molecule has 2 aliphatic carbocycles. The average Bonchev–Trinajstić information content (AvgIpc) is 2.80. The number of rotatable bonds is 5. The fourth-order valence-corrected chi connectivity index (χ4v) is 4.53. The third-order valence-electron chi connectivity index (χ3n) is 3.79. The zero-order valence-corrected chi connectivity index (χ0v) is 11.1. The normalized spacial score (nSPS) is 34.8. The van der Waals surface area contributed by atoms with Crippen molar-refractivity contribution in [2.45, 2.75) is 62.5 Å². The standard InChI is InChI=1S/C11H22N2O3S/c1-2-16-10-7-9(12)11(10)13-17(14,15)8-5-3-4-6-8/h8-11,13H,2-7,12H2,1H3. The second-order valence-corrected chi connectivity index (χ2v) is 6.98. The summed E-state index contributed by atoms with van der Waals surface area (Å²) in [4.78, 5) is 0. The number of nitrogens with two attached hydrogens (primary N) is 1. The summed E-state index contributed by atoms with van der Waals surface area (Å²) in [6, 6.07) is -0.344. The van der Waals surface area contributed by atoms with Crippen molar-refractivity contribution in [1.82, 2.24) is 4.72 Å². The van der Waals surface area contributed by atoms with E-state index < -0.39 is 10.0 Å². The summed E-state index contributed by atoms with van der Waals surface area (Å²) in [5, 5.41) is -0.224. The van der Waals surface area contributed by atoms with Crippen molar-refractivity contribution in [2.24, 2.45) is 5.73 Å². The van der Waals surface area contributed by atoms with E-state index in [9.17, 15) is 8.42 Å². The lowest BCUT2D eigenvalue weighted by Crippen LogP contribution is -2.65. The first kappa shape index (κ1) is 13.3. The maximum absolute atomic E-state index is 12.1. The van der Waals surface area contributed by atoms with Gasteiger partial charge in [-0.3, -0.25) is 0 Å². The molecule has 3 unspecified atom stereocenters. The molecule has 0 saturated heterocycles. The molecule has 0 aliphatic heterocycles. The van der Waals surface area contributed by atoms with Crippen LogP contribution in [0.25, 0.3) is 0 Å². The molecule has 0 aromatic heterocycles. The van der Waals surface area contributed by atoms with Gasteiger partial charge in [0, 0.05) is 12.6 Å². The van der Waals surface area contributed by atoms with E-state index in [4.69, 9.17) is 10.5 Å². The van der Waals surface area contributed by atoms with E-state index in [1.165, 1.54) is 0 Å². The number of sulfonamides is 1. The predicted octanol–water partition coefficient (Wildman–Crippen LogP) is 0.353. The van der Waals surface area contributed by atoms with Crippen LogP contribution in [0, 0.1) is 0 Å². The molecule has 6 heteroatoms. The van der Waals surface area contributed by atoms with Crippen LogP contribution in [-0.2, 0) is 14.8 Å². The first-order valence-electron chi connectivity index (χ1n) is 6.43. The zero-order valence-electron chi connectivity index (χ0n) is 10.3. The van der Waals surface area contributed by atoms with Crippen molar-refractivity contribution in [3.63, 3.8) is 0 Å². The molecular formula is C11H22N2O3S. The number of hydrogen-bond donors (Lipinski definition) is 2. The topological polar surface area (TPSA) is 81.4 Å². The van der Waals surface area contributed by atoms with E-state index in [1.807, 2.05) is 6.92 Å². The molecule has 17 heavy (non-hydrogen) atoms. The first-order valence-corrected chi connectivity index (χ1v) is 7.97. The van der Waals surface area contributed by atoms with Gasteiger partial charge in [0.25, 0.3) is 0 Å². The Morgan fingerprint density at radius 1 is 1.35 bits per heavy atom. The van der Waals surface area contributed by atoms with Crippen LogP contribution < -0.4 is 10.5 Å². The van der Waals surface area contributed by atoms with Gasteiger partial charge in [0.1, 0.15) is 0 Å². The molecule has 2 saturated carbocycles. The van der Waals surface area contributed by atoms with Crippen LogP contribution >= 0.6 is 0 Å². The van der Waals surface area contributed by atoms with E-state index >= 15 is 0 Å². The molecule has 0 bridgehead atoms. The van der Waals surface area contributed by atoms with Crippen LogP contribution in [0.4, 0.5) is 0 Å². The van der Waals surface area contributed by atoms with Crippen molar-refractivity contribution in [3.8, 4) is 0 Å². The molecule has 0 aromatic carbocycles. The van der Waals surface area contributed by atoms with Crippen LogP contribution in [0.2, 0.25) is 0 Å². The van der Waals surface area contributed by atoms with Crippen molar-refractivity contribution in [1.29, 1.82) is 0 Å². The maximum atomic E-state index is 12.1. The smallest absolute Gasteiger partial charge is 0.214 e. The molecular weight excluding hydrogens is 240 g/mol. The van der Waals surface area contributed by atoms with E-state index in [1.54, 1.807) is 0 Å². The summed E-state index contributed by atoms with van der Waals surface area (Å²) in [5.41, 5.74) is 5.84. The van der Waals surface area contributed by atoms with Gasteiger partial charge in [-0.2, -0.15) is 0 Å². The minimum absolute atomic E-state index is 0.0498. The van der Waals surface area contributed by atoms with Gasteiger partial charge in [0.05, 0.1) is 17.4 Å². The summed E-state index contributed by atoms with van der Waals surface area (Å²) in [5.74, 6) is 0. The second-order valence-electron chi connectivity index (χ2n) is 4.99. The molecule has 3 N–H and O–H groups in total. The van der Waals surface area contributed by atoms with Gasteiger partial charge >= 0.3 is 0 Å². The lowest BCUT2D eigenvalue weighted by Gasteiger charge is -2.42. The number of nitrogens with one attached hydrogen (secondary N) is 1. The lowest BCUT2D eigenvalue weighted by molar-refractivity contribution is -0.0248. The largest absolute Gasteiger partial charge is 0.377 e. The van der Waals surface area contributed by atoms with E-state index in [0.717, 1.165) is 32.1 Å². The van der Waals surface area contributed by atoms with Gasteiger partial charge in [-0.25, -0.2) is 13.1 Å². The highest BCUT2D eigenvalue weighted by Crippen LogP contribution is 2.28. The van der Waals surface area contributed by atoms with Crippen molar-refractivity contribution in [2.75, 3.05) is 6.61 Å². The number of ether oxygens (including phenoxy) is 1. The fraction of sp³-hybridized carbons (Fsp3) is 1.00. The highest BCUT2D eigenvalue weighted by atomic mass is 32.2. The summed E-state index contributed by atoms with van der Waals surface area (Å²) in [6.45, 7) is 2.51. The third kappa shape index (κ3) is 2.81. The lowest BCUT2D eigenvalue weighted by atomic mass is 9.84. The zero-order chi connectivity index (χ0) is 12.5. The monoisotopic (exact) mass is 262 g/mol. The van der Waals surface area contributed by atoms with Gasteiger partial charge in [0.2, 0.25) is 10.0 Å². The second kappa shape index (κ2) is 5.22. The number of hydrogen-bond acceptors (Lipinski definition) is 4. The molecule has 2 aliphatic rings. The molecule has 2 fully saturated rings. The van der Waals surface area contributed by atoms with Crippen molar-refractivity contribution >= 4 is 10.0 Å². The quantitative estimate of drug-likeness (QED) is 0.749. The molecule has 3 atom stereocenters. The summed E-state index contributed by atoms with van der Waals surface area (Å²) >= 11 is 0. The molecule has 0 aromatic rings. The Kier molecular flexibility index (Phi) is 4.07. The van der Waals surface area contributed by atoms with E-state index in [-0.39, 0.29) is 23.4 Å². The van der Waals surface area contributed by atoms with Crippen LogP contribution in [0.3, 0.4) is 0 Å². The van der Waals surface area contributed by atoms with Crippen LogP contribution in [0.5, 0.6) is 0 Å². The average molecular weight is 262 g/mol.